The molecule has 0 saturated carbocycles. The molecular weight excluding hydrogens is 166 g/mol. The molecule has 1 aliphatic rings. The van der Waals surface area contributed by atoms with Crippen molar-refractivity contribution < 1.29 is 9.59 Å². The molecule has 1 amide bonds. The second-order valence-corrected chi connectivity index (χ2v) is 4.08. The maximum absolute atomic E-state index is 11.6. The predicted molar refractivity (Wildman–Crippen MR) is 50.3 cm³/mol. The maximum Gasteiger partial charge on any atom is 0.223 e. The molecule has 0 N–H and O–H groups in total. The lowest BCUT2D eigenvalue weighted by Crippen LogP contribution is -2.44. The predicted octanol–water partition coefficient (Wildman–Crippen LogP) is 1.22. The molecule has 0 radical (unpaired) electrons. The molecule has 0 aromatic rings. The summed E-state index contributed by atoms with van der Waals surface area (Å²) in [7, 11) is 1.79. The van der Waals surface area contributed by atoms with Gasteiger partial charge in [0.2, 0.25) is 5.91 Å². The Labute approximate surface area is 79.1 Å². The van der Waals surface area contributed by atoms with E-state index in [9.17, 15) is 9.59 Å². The van der Waals surface area contributed by atoms with Gasteiger partial charge in [-0.25, -0.2) is 0 Å². The molecule has 1 unspecified atom stereocenters. The summed E-state index contributed by atoms with van der Waals surface area (Å²) < 4.78 is 0. The van der Waals surface area contributed by atoms with Gasteiger partial charge in [0.1, 0.15) is 5.78 Å². The van der Waals surface area contributed by atoms with Gasteiger partial charge in [0.15, 0.2) is 0 Å². The van der Waals surface area contributed by atoms with E-state index in [1.807, 2.05) is 13.8 Å². The van der Waals surface area contributed by atoms with Gasteiger partial charge in [-0.15, -0.1) is 0 Å². The minimum absolute atomic E-state index is 0.0931. The zero-order valence-electron chi connectivity index (χ0n) is 8.59. The number of Topliss-reactive ketones (excluding diaryl/α,β-unsaturated/α-hetero) is 1. The van der Waals surface area contributed by atoms with Crippen LogP contribution in [0.15, 0.2) is 0 Å². The van der Waals surface area contributed by atoms with Gasteiger partial charge >= 0.3 is 0 Å². The number of carbonyl (C=O) groups is 2. The Bertz CT molecular complexity index is 237. The number of piperidine rings is 1. The highest BCUT2D eigenvalue weighted by atomic mass is 16.2. The molecule has 13 heavy (non-hydrogen) atoms. The van der Waals surface area contributed by atoms with E-state index in [0.717, 1.165) is 6.42 Å². The summed E-state index contributed by atoms with van der Waals surface area (Å²) in [5.74, 6) is 0.310. The molecule has 1 aliphatic heterocycles. The smallest absolute Gasteiger partial charge is 0.223 e. The van der Waals surface area contributed by atoms with Crippen LogP contribution in [0.2, 0.25) is 0 Å². The van der Waals surface area contributed by atoms with Crippen molar-refractivity contribution in [2.75, 3.05) is 13.6 Å². The second-order valence-electron chi connectivity index (χ2n) is 4.08. The van der Waals surface area contributed by atoms with Crippen molar-refractivity contribution in [1.29, 1.82) is 0 Å². The first kappa shape index (κ1) is 10.2. The molecule has 1 heterocycles. The van der Waals surface area contributed by atoms with Crippen LogP contribution in [0.3, 0.4) is 0 Å². The summed E-state index contributed by atoms with van der Waals surface area (Å²) in [6.45, 7) is 4.47. The molecule has 3 nitrogen and oxygen atoms in total. The van der Waals surface area contributed by atoms with Gasteiger partial charge in [0, 0.05) is 31.8 Å². The number of nitrogens with zero attached hydrogens (tertiary/aromatic N) is 1. The Morgan fingerprint density at radius 2 is 2.23 bits per heavy atom. The van der Waals surface area contributed by atoms with Crippen molar-refractivity contribution in [1.82, 2.24) is 4.90 Å². The standard InChI is InChI=1S/C10H17NO2/c1-4-8(12)10(2)5-6-11(3)9(13)7-10/h4-7H2,1-3H3. The van der Waals surface area contributed by atoms with E-state index in [1.165, 1.54) is 0 Å². The first-order chi connectivity index (χ1) is 5.99. The highest BCUT2D eigenvalue weighted by Gasteiger charge is 2.38. The lowest BCUT2D eigenvalue weighted by molar-refractivity contribution is -0.143. The van der Waals surface area contributed by atoms with Crippen LogP contribution in [0.1, 0.15) is 33.1 Å². The first-order valence-electron chi connectivity index (χ1n) is 4.77. The SMILES string of the molecule is CCC(=O)C1(C)CCN(C)C(=O)C1. The number of carbonyl (C=O) groups excluding carboxylic acids is 2. The third-order valence-corrected chi connectivity index (χ3v) is 2.96. The molecule has 0 aliphatic carbocycles. The van der Waals surface area contributed by atoms with Crippen LogP contribution < -0.4 is 0 Å². The molecule has 1 saturated heterocycles. The van der Waals surface area contributed by atoms with Crippen molar-refractivity contribution in [3.8, 4) is 0 Å². The van der Waals surface area contributed by atoms with Gasteiger partial charge in [-0.1, -0.05) is 13.8 Å². The Balaban J connectivity index is 2.72. The number of rotatable bonds is 2. The first-order valence-corrected chi connectivity index (χ1v) is 4.77. The van der Waals surface area contributed by atoms with E-state index in [0.29, 0.717) is 19.4 Å². The van der Waals surface area contributed by atoms with E-state index >= 15 is 0 Å². The molecule has 74 valence electrons. The van der Waals surface area contributed by atoms with Gasteiger partial charge < -0.3 is 4.90 Å². The van der Waals surface area contributed by atoms with Gasteiger partial charge in [0.05, 0.1) is 0 Å². The fraction of sp³-hybridized carbons (Fsp3) is 0.800. The third kappa shape index (κ3) is 1.90. The van der Waals surface area contributed by atoms with Gasteiger partial charge in [-0.3, -0.25) is 9.59 Å². The minimum atomic E-state index is -0.391. The largest absolute Gasteiger partial charge is 0.346 e. The molecule has 1 fully saturated rings. The zero-order valence-corrected chi connectivity index (χ0v) is 8.59. The third-order valence-electron chi connectivity index (χ3n) is 2.96. The molecule has 0 aromatic carbocycles. The van der Waals surface area contributed by atoms with E-state index in [-0.39, 0.29) is 11.7 Å². The molecule has 0 spiro atoms. The molecule has 1 atom stereocenters. The van der Waals surface area contributed by atoms with Crippen LogP contribution in [0.4, 0.5) is 0 Å². The van der Waals surface area contributed by atoms with E-state index in [4.69, 9.17) is 0 Å². The van der Waals surface area contributed by atoms with E-state index in [1.54, 1.807) is 11.9 Å². The highest BCUT2D eigenvalue weighted by Crippen LogP contribution is 2.32. The average Bonchev–Trinajstić information content (AvgIpc) is 2.11. The van der Waals surface area contributed by atoms with Crippen LogP contribution in [0, 0.1) is 5.41 Å². The van der Waals surface area contributed by atoms with Crippen molar-refractivity contribution in [3.05, 3.63) is 0 Å². The van der Waals surface area contributed by atoms with E-state index < -0.39 is 5.41 Å². The van der Waals surface area contributed by atoms with Crippen LogP contribution >= 0.6 is 0 Å². The normalized spacial score (nSPS) is 29.2. The average molecular weight is 183 g/mol. The summed E-state index contributed by atoms with van der Waals surface area (Å²) in [4.78, 5) is 24.7. The zero-order chi connectivity index (χ0) is 10.1. The number of hydrogen-bond acceptors (Lipinski definition) is 2. The molecule has 0 bridgehead atoms. The monoisotopic (exact) mass is 183 g/mol. The Morgan fingerprint density at radius 1 is 1.62 bits per heavy atom. The fourth-order valence-corrected chi connectivity index (χ4v) is 1.76. The van der Waals surface area contributed by atoms with Gasteiger partial charge in [0.25, 0.3) is 0 Å². The maximum atomic E-state index is 11.6. The van der Waals surface area contributed by atoms with Crippen LogP contribution in [0.25, 0.3) is 0 Å². The lowest BCUT2D eigenvalue weighted by atomic mass is 9.75. The summed E-state index contributed by atoms with van der Waals surface area (Å²) >= 11 is 0. The number of amides is 1. The molecular formula is C10H17NO2. The number of hydrogen-bond donors (Lipinski definition) is 0. The second kappa shape index (κ2) is 3.48. The number of likely N-dealkylation sites (tertiary alicyclic amines) is 1. The van der Waals surface area contributed by atoms with E-state index in [2.05, 4.69) is 0 Å². The molecule has 1 rings (SSSR count). The van der Waals surface area contributed by atoms with Crippen molar-refractivity contribution >= 4 is 11.7 Å². The van der Waals surface area contributed by atoms with Crippen molar-refractivity contribution in [3.63, 3.8) is 0 Å². The van der Waals surface area contributed by atoms with Crippen LogP contribution in [-0.4, -0.2) is 30.2 Å². The summed E-state index contributed by atoms with van der Waals surface area (Å²) in [6, 6.07) is 0. The highest BCUT2D eigenvalue weighted by molar-refractivity contribution is 5.90. The van der Waals surface area contributed by atoms with Crippen molar-refractivity contribution in [2.45, 2.75) is 33.1 Å². The Morgan fingerprint density at radius 3 is 2.69 bits per heavy atom. The molecule has 0 aromatic heterocycles. The van der Waals surface area contributed by atoms with Crippen molar-refractivity contribution in [2.24, 2.45) is 5.41 Å². The minimum Gasteiger partial charge on any atom is -0.346 e. The summed E-state index contributed by atoms with van der Waals surface area (Å²) in [5.41, 5.74) is -0.391. The lowest BCUT2D eigenvalue weighted by Gasteiger charge is -2.35. The van der Waals surface area contributed by atoms with Crippen LogP contribution in [0.5, 0.6) is 0 Å². The molecule has 3 heteroatoms. The summed E-state index contributed by atoms with van der Waals surface area (Å²) in [5, 5.41) is 0. The van der Waals surface area contributed by atoms with Gasteiger partial charge in [-0.2, -0.15) is 0 Å². The summed E-state index contributed by atoms with van der Waals surface area (Å²) in [6.07, 6.45) is 1.73. The van der Waals surface area contributed by atoms with Gasteiger partial charge in [-0.05, 0) is 6.42 Å². The quantitative estimate of drug-likeness (QED) is 0.645. The Hall–Kier alpha value is -0.860. The fourth-order valence-electron chi connectivity index (χ4n) is 1.76. The van der Waals surface area contributed by atoms with Crippen LogP contribution in [-0.2, 0) is 9.59 Å². The topological polar surface area (TPSA) is 37.4 Å². The Kier molecular flexibility index (Phi) is 2.74. The number of ketones is 1.